The molecule has 0 saturated carbocycles. The molecular weight excluding hydrogens is 160 g/mol. The van der Waals surface area contributed by atoms with Crippen LogP contribution in [0.2, 0.25) is 0 Å². The molecule has 0 radical (unpaired) electrons. The quantitative estimate of drug-likeness (QED) is 0.579. The Kier molecular flexibility index (Phi) is 4.04. The zero-order valence-electron chi connectivity index (χ0n) is 7.25. The van der Waals surface area contributed by atoms with E-state index >= 15 is 0 Å². The second-order valence-corrected chi connectivity index (χ2v) is 2.70. The van der Waals surface area contributed by atoms with Gasteiger partial charge < -0.3 is 14.2 Å². The van der Waals surface area contributed by atoms with E-state index in [1.165, 1.54) is 6.92 Å². The maximum atomic E-state index is 10.4. The van der Waals surface area contributed by atoms with E-state index in [9.17, 15) is 4.79 Å². The summed E-state index contributed by atoms with van der Waals surface area (Å²) in [7, 11) is 0. The maximum absolute atomic E-state index is 10.4. The first-order valence-electron chi connectivity index (χ1n) is 4.12. The topological polar surface area (TPSA) is 44.8 Å². The van der Waals surface area contributed by atoms with Crippen LogP contribution in [0.3, 0.4) is 0 Å². The number of hydrogen-bond donors (Lipinski definition) is 0. The number of rotatable bonds is 3. The van der Waals surface area contributed by atoms with E-state index in [-0.39, 0.29) is 12.1 Å². The van der Waals surface area contributed by atoms with Crippen molar-refractivity contribution in [2.75, 3.05) is 26.4 Å². The fraction of sp³-hybridized carbons (Fsp3) is 0.875. The molecule has 1 atom stereocenters. The fourth-order valence-corrected chi connectivity index (χ4v) is 1.04. The van der Waals surface area contributed by atoms with Gasteiger partial charge in [-0.25, -0.2) is 0 Å². The fourth-order valence-electron chi connectivity index (χ4n) is 1.04. The molecule has 0 aliphatic carbocycles. The highest BCUT2D eigenvalue weighted by atomic mass is 16.6. The molecule has 0 bridgehead atoms. The number of esters is 1. The van der Waals surface area contributed by atoms with Crippen molar-refractivity contribution in [3.63, 3.8) is 0 Å². The minimum absolute atomic E-state index is 0.0955. The van der Waals surface area contributed by atoms with Gasteiger partial charge in [0.25, 0.3) is 0 Å². The Hall–Kier alpha value is -0.610. The molecule has 1 aliphatic heterocycles. The number of hydrogen-bond acceptors (Lipinski definition) is 4. The van der Waals surface area contributed by atoms with Crippen molar-refractivity contribution in [3.05, 3.63) is 0 Å². The van der Waals surface area contributed by atoms with Crippen molar-refractivity contribution in [1.82, 2.24) is 0 Å². The van der Waals surface area contributed by atoms with E-state index in [2.05, 4.69) is 0 Å². The molecule has 0 amide bonds. The average Bonchev–Trinajstić information content (AvgIpc) is 2.05. The Balaban J connectivity index is 2.01. The van der Waals surface area contributed by atoms with E-state index < -0.39 is 0 Å². The second-order valence-electron chi connectivity index (χ2n) is 2.70. The average molecular weight is 174 g/mol. The summed E-state index contributed by atoms with van der Waals surface area (Å²) in [5, 5.41) is 0. The Morgan fingerprint density at radius 2 is 2.42 bits per heavy atom. The molecule has 0 N–H and O–H groups in total. The minimum atomic E-state index is -0.244. The lowest BCUT2D eigenvalue weighted by atomic mass is 10.2. The van der Waals surface area contributed by atoms with Crippen molar-refractivity contribution in [1.29, 1.82) is 0 Å². The van der Waals surface area contributed by atoms with Gasteiger partial charge in [0.2, 0.25) is 0 Å². The molecule has 1 aliphatic rings. The van der Waals surface area contributed by atoms with Gasteiger partial charge in [-0.3, -0.25) is 4.79 Å². The van der Waals surface area contributed by atoms with E-state index in [1.54, 1.807) is 0 Å². The Morgan fingerprint density at radius 3 is 3.00 bits per heavy atom. The van der Waals surface area contributed by atoms with Gasteiger partial charge in [-0.2, -0.15) is 0 Å². The van der Waals surface area contributed by atoms with Crippen LogP contribution in [0, 0.1) is 0 Å². The van der Waals surface area contributed by atoms with Crippen LogP contribution >= 0.6 is 0 Å². The largest absolute Gasteiger partial charge is 0.466 e. The van der Waals surface area contributed by atoms with E-state index in [1.807, 2.05) is 0 Å². The van der Waals surface area contributed by atoms with Gasteiger partial charge in [0, 0.05) is 13.3 Å². The Labute approximate surface area is 71.8 Å². The third-order valence-electron chi connectivity index (χ3n) is 1.63. The first-order valence-corrected chi connectivity index (χ1v) is 4.12. The van der Waals surface area contributed by atoms with Gasteiger partial charge in [-0.1, -0.05) is 0 Å². The molecule has 0 aromatic heterocycles. The summed E-state index contributed by atoms with van der Waals surface area (Å²) in [5.74, 6) is -0.244. The van der Waals surface area contributed by atoms with Gasteiger partial charge in [0.05, 0.1) is 32.5 Å². The lowest BCUT2D eigenvalue weighted by Gasteiger charge is -2.22. The third-order valence-corrected chi connectivity index (χ3v) is 1.63. The molecule has 0 aromatic carbocycles. The monoisotopic (exact) mass is 174 g/mol. The molecule has 70 valence electrons. The van der Waals surface area contributed by atoms with Gasteiger partial charge in [0.1, 0.15) is 0 Å². The summed E-state index contributed by atoms with van der Waals surface area (Å²) in [4.78, 5) is 10.4. The molecule has 1 heterocycles. The van der Waals surface area contributed by atoms with Gasteiger partial charge in [0.15, 0.2) is 0 Å². The first-order chi connectivity index (χ1) is 5.79. The van der Waals surface area contributed by atoms with Crippen LogP contribution in [-0.2, 0) is 19.0 Å². The molecule has 1 unspecified atom stereocenters. The summed E-state index contributed by atoms with van der Waals surface area (Å²) in [6.07, 6.45) is 0.817. The lowest BCUT2D eigenvalue weighted by Crippen LogP contribution is -2.29. The van der Waals surface area contributed by atoms with Crippen molar-refractivity contribution in [3.8, 4) is 0 Å². The van der Waals surface area contributed by atoms with E-state index in [0.717, 1.165) is 6.42 Å². The highest BCUT2D eigenvalue weighted by molar-refractivity contribution is 5.65. The minimum Gasteiger partial charge on any atom is -0.466 e. The maximum Gasteiger partial charge on any atom is 0.302 e. The van der Waals surface area contributed by atoms with Gasteiger partial charge in [-0.15, -0.1) is 0 Å². The summed E-state index contributed by atoms with van der Waals surface area (Å²) in [6, 6.07) is 0. The van der Waals surface area contributed by atoms with Crippen molar-refractivity contribution in [2.24, 2.45) is 0 Å². The SMILES string of the molecule is CC(=O)OCCC1COCCO1. The smallest absolute Gasteiger partial charge is 0.302 e. The zero-order chi connectivity index (χ0) is 8.81. The molecule has 4 heteroatoms. The standard InChI is InChI=1S/C8H14O4/c1-7(9)11-3-2-8-6-10-4-5-12-8/h8H,2-6H2,1H3. The predicted molar refractivity (Wildman–Crippen MR) is 41.8 cm³/mol. The van der Waals surface area contributed by atoms with Crippen molar-refractivity contribution >= 4 is 5.97 Å². The van der Waals surface area contributed by atoms with Crippen molar-refractivity contribution < 1.29 is 19.0 Å². The summed E-state index contributed by atoms with van der Waals surface area (Å²) < 4.78 is 15.3. The molecular formula is C8H14O4. The molecule has 1 rings (SSSR count). The molecule has 1 saturated heterocycles. The van der Waals surface area contributed by atoms with Gasteiger partial charge in [-0.05, 0) is 0 Å². The normalized spacial score (nSPS) is 23.6. The van der Waals surface area contributed by atoms with Crippen LogP contribution in [0.1, 0.15) is 13.3 Å². The number of carbonyl (C=O) groups excluding carboxylic acids is 1. The lowest BCUT2D eigenvalue weighted by molar-refractivity contribution is -0.143. The molecule has 4 nitrogen and oxygen atoms in total. The molecule has 0 spiro atoms. The van der Waals surface area contributed by atoms with Crippen LogP contribution in [0.25, 0.3) is 0 Å². The first kappa shape index (κ1) is 9.48. The highest BCUT2D eigenvalue weighted by Gasteiger charge is 2.13. The molecule has 12 heavy (non-hydrogen) atoms. The molecule has 0 aromatic rings. The van der Waals surface area contributed by atoms with Crippen molar-refractivity contribution in [2.45, 2.75) is 19.4 Å². The Morgan fingerprint density at radius 1 is 1.58 bits per heavy atom. The van der Waals surface area contributed by atoms with E-state index in [0.29, 0.717) is 26.4 Å². The van der Waals surface area contributed by atoms with Crippen LogP contribution in [-0.4, -0.2) is 38.5 Å². The Bertz CT molecular complexity index is 140. The third kappa shape index (κ3) is 3.69. The summed E-state index contributed by atoms with van der Waals surface area (Å²) in [5.41, 5.74) is 0. The zero-order valence-corrected chi connectivity index (χ0v) is 7.25. The predicted octanol–water partition coefficient (Wildman–Crippen LogP) is 0.355. The number of ether oxygens (including phenoxy) is 3. The van der Waals surface area contributed by atoms with E-state index in [4.69, 9.17) is 14.2 Å². The van der Waals surface area contributed by atoms with Gasteiger partial charge >= 0.3 is 5.97 Å². The highest BCUT2D eigenvalue weighted by Crippen LogP contribution is 2.04. The van der Waals surface area contributed by atoms with Crippen LogP contribution in [0.5, 0.6) is 0 Å². The second kappa shape index (κ2) is 5.11. The number of carbonyl (C=O) groups is 1. The summed E-state index contributed by atoms with van der Waals surface area (Å²) >= 11 is 0. The molecule has 1 fully saturated rings. The van der Waals surface area contributed by atoms with Crippen LogP contribution in [0.4, 0.5) is 0 Å². The van der Waals surface area contributed by atoms with Crippen LogP contribution < -0.4 is 0 Å². The summed E-state index contributed by atoms with van der Waals surface area (Å²) in [6.45, 7) is 3.75. The van der Waals surface area contributed by atoms with Crippen LogP contribution in [0.15, 0.2) is 0 Å².